The lowest BCUT2D eigenvalue weighted by atomic mass is 9.96. The van der Waals surface area contributed by atoms with E-state index in [4.69, 9.17) is 5.26 Å². The van der Waals surface area contributed by atoms with Crippen molar-refractivity contribution >= 4 is 0 Å². The van der Waals surface area contributed by atoms with Crippen LogP contribution in [0.5, 0.6) is 0 Å². The topological polar surface area (TPSA) is 23.8 Å². The molecule has 0 spiro atoms. The van der Waals surface area contributed by atoms with Crippen LogP contribution in [0.3, 0.4) is 0 Å². The van der Waals surface area contributed by atoms with E-state index in [1.807, 2.05) is 6.92 Å². The van der Waals surface area contributed by atoms with E-state index in [-0.39, 0.29) is 5.92 Å². The lowest BCUT2D eigenvalue weighted by molar-refractivity contribution is 0.736. The van der Waals surface area contributed by atoms with Gasteiger partial charge in [-0.15, -0.1) is 0 Å². The van der Waals surface area contributed by atoms with E-state index in [9.17, 15) is 0 Å². The average molecular weight is 187 g/mol. The summed E-state index contributed by atoms with van der Waals surface area (Å²) in [5, 5.41) is 8.72. The Bertz CT molecular complexity index is 333. The van der Waals surface area contributed by atoms with Crippen molar-refractivity contribution in [2.24, 2.45) is 5.92 Å². The van der Waals surface area contributed by atoms with Gasteiger partial charge in [-0.3, -0.25) is 0 Å². The predicted molar refractivity (Wildman–Crippen MR) is 59.0 cm³/mol. The van der Waals surface area contributed by atoms with Gasteiger partial charge in [-0.1, -0.05) is 38.1 Å². The number of nitrogens with zero attached hydrogens (tertiary/aromatic N) is 1. The minimum atomic E-state index is 0.109. The molecule has 1 aromatic carbocycles. The van der Waals surface area contributed by atoms with Gasteiger partial charge in [0.1, 0.15) is 0 Å². The van der Waals surface area contributed by atoms with Gasteiger partial charge in [-0.05, 0) is 30.4 Å². The molecule has 0 heterocycles. The zero-order chi connectivity index (χ0) is 10.6. The molecular formula is C13H17N. The second-order valence-corrected chi connectivity index (χ2v) is 4.13. The van der Waals surface area contributed by atoms with Crippen molar-refractivity contribution in [3.8, 4) is 6.07 Å². The smallest absolute Gasteiger partial charge is 0.0656 e. The summed E-state index contributed by atoms with van der Waals surface area (Å²) in [6.07, 6.45) is 0.858. The van der Waals surface area contributed by atoms with Crippen LogP contribution in [0.15, 0.2) is 24.3 Å². The fourth-order valence-electron chi connectivity index (χ4n) is 1.48. The van der Waals surface area contributed by atoms with E-state index < -0.39 is 0 Å². The van der Waals surface area contributed by atoms with Gasteiger partial charge in [-0.25, -0.2) is 0 Å². The van der Waals surface area contributed by atoms with Crippen molar-refractivity contribution in [3.05, 3.63) is 35.4 Å². The summed E-state index contributed by atoms with van der Waals surface area (Å²) in [6, 6.07) is 10.8. The Morgan fingerprint density at radius 1 is 1.29 bits per heavy atom. The molecule has 0 saturated carbocycles. The van der Waals surface area contributed by atoms with E-state index in [1.165, 1.54) is 11.1 Å². The summed E-state index contributed by atoms with van der Waals surface area (Å²) in [7, 11) is 0. The van der Waals surface area contributed by atoms with E-state index in [1.54, 1.807) is 0 Å². The Kier molecular flexibility index (Phi) is 3.71. The zero-order valence-electron chi connectivity index (χ0n) is 9.12. The Morgan fingerprint density at radius 3 is 2.57 bits per heavy atom. The molecule has 1 atom stereocenters. The van der Waals surface area contributed by atoms with Gasteiger partial charge in [0.15, 0.2) is 0 Å². The molecule has 1 rings (SSSR count). The van der Waals surface area contributed by atoms with Crippen molar-refractivity contribution in [2.45, 2.75) is 33.1 Å². The van der Waals surface area contributed by atoms with Crippen LogP contribution >= 0.6 is 0 Å². The molecule has 1 unspecified atom stereocenters. The SMILES string of the molecule is CC(C#N)Cc1cccc(C(C)C)c1. The highest BCUT2D eigenvalue weighted by Crippen LogP contribution is 2.17. The molecule has 0 aromatic heterocycles. The Labute approximate surface area is 86.4 Å². The monoisotopic (exact) mass is 187 g/mol. The van der Waals surface area contributed by atoms with E-state index >= 15 is 0 Å². The maximum absolute atomic E-state index is 8.72. The highest BCUT2D eigenvalue weighted by molar-refractivity contribution is 5.26. The van der Waals surface area contributed by atoms with E-state index in [0.29, 0.717) is 5.92 Å². The first kappa shape index (κ1) is 10.8. The van der Waals surface area contributed by atoms with Crippen LogP contribution in [-0.4, -0.2) is 0 Å². The van der Waals surface area contributed by atoms with Crippen LogP contribution in [0.4, 0.5) is 0 Å². The van der Waals surface area contributed by atoms with Gasteiger partial charge >= 0.3 is 0 Å². The summed E-state index contributed by atoms with van der Waals surface area (Å²) < 4.78 is 0. The summed E-state index contributed by atoms with van der Waals surface area (Å²) in [5.41, 5.74) is 2.62. The third-order valence-electron chi connectivity index (χ3n) is 2.38. The molecule has 0 fully saturated rings. The summed E-state index contributed by atoms with van der Waals surface area (Å²) in [5.74, 6) is 0.671. The maximum atomic E-state index is 8.72. The molecule has 1 nitrogen and oxygen atoms in total. The van der Waals surface area contributed by atoms with Crippen molar-refractivity contribution in [1.29, 1.82) is 5.26 Å². The highest BCUT2D eigenvalue weighted by atomic mass is 14.3. The lowest BCUT2D eigenvalue weighted by Crippen LogP contribution is -1.97. The van der Waals surface area contributed by atoms with Gasteiger partial charge in [0.2, 0.25) is 0 Å². The molecule has 0 aliphatic heterocycles. The fourth-order valence-corrected chi connectivity index (χ4v) is 1.48. The standard InChI is InChI=1S/C13H17N/c1-10(2)13-6-4-5-12(8-13)7-11(3)9-14/h4-6,8,10-11H,7H2,1-3H3. The molecule has 0 radical (unpaired) electrons. The first-order chi connectivity index (χ1) is 6.63. The van der Waals surface area contributed by atoms with E-state index in [0.717, 1.165) is 6.42 Å². The van der Waals surface area contributed by atoms with Crippen LogP contribution in [0.25, 0.3) is 0 Å². The Balaban J connectivity index is 2.79. The summed E-state index contributed by atoms with van der Waals surface area (Å²) in [6.45, 7) is 6.34. The normalized spacial score (nSPS) is 12.5. The predicted octanol–water partition coefficient (Wildman–Crippen LogP) is 3.51. The van der Waals surface area contributed by atoms with Gasteiger partial charge < -0.3 is 0 Å². The molecule has 74 valence electrons. The molecule has 14 heavy (non-hydrogen) atoms. The first-order valence-electron chi connectivity index (χ1n) is 5.12. The fraction of sp³-hybridized carbons (Fsp3) is 0.462. The van der Waals surface area contributed by atoms with Gasteiger partial charge in [0.25, 0.3) is 0 Å². The Morgan fingerprint density at radius 2 is 2.00 bits per heavy atom. The molecule has 0 saturated heterocycles. The number of hydrogen-bond acceptors (Lipinski definition) is 1. The minimum Gasteiger partial charge on any atom is -0.198 e. The third-order valence-corrected chi connectivity index (χ3v) is 2.38. The maximum Gasteiger partial charge on any atom is 0.0656 e. The molecule has 1 heteroatoms. The van der Waals surface area contributed by atoms with Gasteiger partial charge in [0.05, 0.1) is 6.07 Å². The van der Waals surface area contributed by atoms with Crippen LogP contribution in [0, 0.1) is 17.2 Å². The molecule has 0 aliphatic rings. The molecule has 0 aliphatic carbocycles. The molecule has 0 N–H and O–H groups in total. The van der Waals surface area contributed by atoms with Crippen LogP contribution in [-0.2, 0) is 6.42 Å². The third kappa shape index (κ3) is 2.88. The van der Waals surface area contributed by atoms with Crippen LogP contribution in [0.2, 0.25) is 0 Å². The average Bonchev–Trinajstić information content (AvgIpc) is 2.18. The quantitative estimate of drug-likeness (QED) is 0.710. The number of benzene rings is 1. The second kappa shape index (κ2) is 4.81. The summed E-state index contributed by atoms with van der Waals surface area (Å²) in [4.78, 5) is 0. The van der Waals surface area contributed by atoms with Gasteiger partial charge in [0, 0.05) is 5.92 Å². The second-order valence-electron chi connectivity index (χ2n) is 4.13. The van der Waals surface area contributed by atoms with Crippen molar-refractivity contribution < 1.29 is 0 Å². The molecule has 0 bridgehead atoms. The van der Waals surface area contributed by atoms with Crippen LogP contribution in [0.1, 0.15) is 37.8 Å². The van der Waals surface area contributed by atoms with Crippen molar-refractivity contribution in [3.63, 3.8) is 0 Å². The summed E-state index contributed by atoms with van der Waals surface area (Å²) >= 11 is 0. The largest absolute Gasteiger partial charge is 0.198 e. The minimum absolute atomic E-state index is 0.109. The van der Waals surface area contributed by atoms with Crippen molar-refractivity contribution in [2.75, 3.05) is 0 Å². The Hall–Kier alpha value is -1.29. The first-order valence-corrected chi connectivity index (χ1v) is 5.12. The highest BCUT2D eigenvalue weighted by Gasteiger charge is 2.04. The lowest BCUT2D eigenvalue weighted by Gasteiger charge is -2.08. The van der Waals surface area contributed by atoms with Crippen LogP contribution < -0.4 is 0 Å². The van der Waals surface area contributed by atoms with Crippen molar-refractivity contribution in [1.82, 2.24) is 0 Å². The zero-order valence-corrected chi connectivity index (χ0v) is 9.12. The number of hydrogen-bond donors (Lipinski definition) is 0. The molecule has 0 amide bonds. The van der Waals surface area contributed by atoms with E-state index in [2.05, 4.69) is 44.2 Å². The number of nitriles is 1. The molecule has 1 aromatic rings. The van der Waals surface area contributed by atoms with Gasteiger partial charge in [-0.2, -0.15) is 5.26 Å². The number of rotatable bonds is 3. The molecular weight excluding hydrogens is 170 g/mol.